The minimum absolute atomic E-state index is 0.231. The highest BCUT2D eigenvalue weighted by Gasteiger charge is 2.34. The molecule has 0 N–H and O–H groups in total. The van der Waals surface area contributed by atoms with Gasteiger partial charge in [0.15, 0.2) is 0 Å². The summed E-state index contributed by atoms with van der Waals surface area (Å²) in [4.78, 5) is 16.0. The highest BCUT2D eigenvalue weighted by Crippen LogP contribution is 2.32. The Kier molecular flexibility index (Phi) is 4.12. The van der Waals surface area contributed by atoms with Gasteiger partial charge in [-0.3, -0.25) is 9.69 Å². The zero-order valence-corrected chi connectivity index (χ0v) is 12.3. The van der Waals surface area contributed by atoms with Gasteiger partial charge in [0.2, 0.25) is 5.91 Å². The maximum absolute atomic E-state index is 12.7. The fourth-order valence-corrected chi connectivity index (χ4v) is 2.82. The van der Waals surface area contributed by atoms with Gasteiger partial charge in [-0.25, -0.2) is 0 Å². The summed E-state index contributed by atoms with van der Waals surface area (Å²) in [5, 5.41) is 0. The maximum Gasteiger partial charge on any atom is 0.416 e. The van der Waals surface area contributed by atoms with E-state index in [1.165, 1.54) is 12.1 Å². The van der Waals surface area contributed by atoms with E-state index < -0.39 is 11.7 Å². The number of carbonyl (C=O) groups excluding carboxylic acids is 1. The summed E-state index contributed by atoms with van der Waals surface area (Å²) in [7, 11) is 0. The Hall–Kier alpha value is -1.56. The van der Waals surface area contributed by atoms with Crippen LogP contribution in [0.4, 0.5) is 13.2 Å². The van der Waals surface area contributed by atoms with E-state index in [4.69, 9.17) is 0 Å². The quantitative estimate of drug-likeness (QED) is 0.857. The van der Waals surface area contributed by atoms with Crippen molar-refractivity contribution in [3.05, 3.63) is 35.4 Å². The van der Waals surface area contributed by atoms with E-state index in [1.54, 1.807) is 6.07 Å². The molecule has 1 saturated carbocycles. The first-order valence-electron chi connectivity index (χ1n) is 7.61. The van der Waals surface area contributed by atoms with Gasteiger partial charge in [0.25, 0.3) is 0 Å². The standard InChI is InChI=1S/C16H19F3N2O/c17-16(18,19)14-3-1-2-12(10-14)11-20-6-8-21(9-7-20)15(22)13-4-5-13/h1-3,10,13H,4-9,11H2. The van der Waals surface area contributed by atoms with Crippen molar-refractivity contribution in [2.45, 2.75) is 25.6 Å². The normalized spacial score (nSPS) is 20.2. The molecule has 0 aromatic heterocycles. The van der Waals surface area contributed by atoms with Crippen LogP contribution >= 0.6 is 0 Å². The first kappa shape index (κ1) is 15.3. The van der Waals surface area contributed by atoms with Crippen LogP contribution in [-0.2, 0) is 17.5 Å². The van der Waals surface area contributed by atoms with Crippen LogP contribution in [0.25, 0.3) is 0 Å². The number of benzene rings is 1. The number of hydrogen-bond donors (Lipinski definition) is 0. The first-order chi connectivity index (χ1) is 10.4. The van der Waals surface area contributed by atoms with Crippen molar-refractivity contribution < 1.29 is 18.0 Å². The molecule has 0 atom stereocenters. The molecule has 120 valence electrons. The lowest BCUT2D eigenvalue weighted by Gasteiger charge is -2.35. The van der Waals surface area contributed by atoms with Crippen LogP contribution in [0.1, 0.15) is 24.0 Å². The predicted octanol–water partition coefficient (Wildman–Crippen LogP) is 2.76. The second-order valence-electron chi connectivity index (χ2n) is 6.07. The van der Waals surface area contributed by atoms with E-state index in [9.17, 15) is 18.0 Å². The van der Waals surface area contributed by atoms with E-state index in [0.29, 0.717) is 38.3 Å². The van der Waals surface area contributed by atoms with Gasteiger partial charge in [-0.1, -0.05) is 18.2 Å². The number of nitrogens with zero attached hydrogens (tertiary/aromatic N) is 2. The molecular weight excluding hydrogens is 293 g/mol. The lowest BCUT2D eigenvalue weighted by Crippen LogP contribution is -2.48. The van der Waals surface area contributed by atoms with Crippen LogP contribution in [0, 0.1) is 5.92 Å². The average molecular weight is 312 g/mol. The highest BCUT2D eigenvalue weighted by atomic mass is 19.4. The van der Waals surface area contributed by atoms with Crippen molar-refractivity contribution in [3.63, 3.8) is 0 Å². The SMILES string of the molecule is O=C(C1CC1)N1CCN(Cc2cccc(C(F)(F)F)c2)CC1. The Labute approximate surface area is 127 Å². The summed E-state index contributed by atoms with van der Waals surface area (Å²) >= 11 is 0. The minimum atomic E-state index is -4.30. The summed E-state index contributed by atoms with van der Waals surface area (Å²) < 4.78 is 38.1. The Morgan fingerprint density at radius 2 is 1.82 bits per heavy atom. The third kappa shape index (κ3) is 3.61. The van der Waals surface area contributed by atoms with Crippen molar-refractivity contribution in [1.29, 1.82) is 0 Å². The van der Waals surface area contributed by atoms with Gasteiger partial charge in [-0.15, -0.1) is 0 Å². The molecule has 3 nitrogen and oxygen atoms in total. The third-order valence-corrected chi connectivity index (χ3v) is 4.27. The fourth-order valence-electron chi connectivity index (χ4n) is 2.82. The molecule has 6 heteroatoms. The smallest absolute Gasteiger partial charge is 0.340 e. The molecule has 0 unspecified atom stereocenters. The van der Waals surface area contributed by atoms with Crippen LogP contribution in [0.15, 0.2) is 24.3 Å². The van der Waals surface area contributed by atoms with E-state index in [2.05, 4.69) is 4.90 Å². The van der Waals surface area contributed by atoms with Crippen molar-refractivity contribution >= 4 is 5.91 Å². The second-order valence-corrected chi connectivity index (χ2v) is 6.07. The summed E-state index contributed by atoms with van der Waals surface area (Å²) in [5.41, 5.74) is 0.0596. The van der Waals surface area contributed by atoms with Gasteiger partial charge in [-0.05, 0) is 24.5 Å². The molecule has 2 aliphatic rings. The average Bonchev–Trinajstić information content (AvgIpc) is 3.31. The van der Waals surface area contributed by atoms with E-state index in [0.717, 1.165) is 18.9 Å². The summed E-state index contributed by atoms with van der Waals surface area (Å²) in [5.74, 6) is 0.480. The molecule has 2 fully saturated rings. The van der Waals surface area contributed by atoms with Crippen molar-refractivity contribution in [2.24, 2.45) is 5.92 Å². The number of amides is 1. The molecule has 1 aliphatic heterocycles. The number of rotatable bonds is 3. The molecule has 1 aliphatic carbocycles. The number of carbonyl (C=O) groups is 1. The summed E-state index contributed by atoms with van der Waals surface area (Å²) in [6.07, 6.45) is -2.29. The Bertz CT molecular complexity index is 547. The molecule has 0 radical (unpaired) electrons. The molecule has 1 aromatic carbocycles. The van der Waals surface area contributed by atoms with Crippen LogP contribution in [-0.4, -0.2) is 41.9 Å². The van der Waals surface area contributed by atoms with E-state index >= 15 is 0 Å². The van der Waals surface area contributed by atoms with Crippen LogP contribution in [0.3, 0.4) is 0 Å². The lowest BCUT2D eigenvalue weighted by atomic mass is 10.1. The van der Waals surface area contributed by atoms with Gasteiger partial charge in [0.05, 0.1) is 5.56 Å². The summed E-state index contributed by atoms with van der Waals surface area (Å²) in [6.45, 7) is 3.28. The van der Waals surface area contributed by atoms with Crippen LogP contribution < -0.4 is 0 Å². The van der Waals surface area contributed by atoms with Crippen molar-refractivity contribution in [1.82, 2.24) is 9.80 Å². The van der Waals surface area contributed by atoms with E-state index in [1.807, 2.05) is 4.90 Å². The van der Waals surface area contributed by atoms with Crippen molar-refractivity contribution in [3.8, 4) is 0 Å². The first-order valence-corrected chi connectivity index (χ1v) is 7.61. The number of alkyl halides is 3. The molecule has 22 heavy (non-hydrogen) atoms. The zero-order valence-electron chi connectivity index (χ0n) is 12.3. The second kappa shape index (κ2) is 5.91. The van der Waals surface area contributed by atoms with Gasteiger partial charge < -0.3 is 4.90 Å². The van der Waals surface area contributed by atoms with Gasteiger partial charge in [-0.2, -0.15) is 13.2 Å². The Morgan fingerprint density at radius 1 is 1.14 bits per heavy atom. The molecule has 3 rings (SSSR count). The number of hydrogen-bond acceptors (Lipinski definition) is 2. The topological polar surface area (TPSA) is 23.6 Å². The number of halogens is 3. The van der Waals surface area contributed by atoms with Crippen molar-refractivity contribution in [2.75, 3.05) is 26.2 Å². The van der Waals surface area contributed by atoms with Crippen LogP contribution in [0.2, 0.25) is 0 Å². The largest absolute Gasteiger partial charge is 0.416 e. The predicted molar refractivity (Wildman–Crippen MR) is 76.0 cm³/mol. The lowest BCUT2D eigenvalue weighted by molar-refractivity contribution is -0.138. The molecule has 1 saturated heterocycles. The molecular formula is C16H19F3N2O. The van der Waals surface area contributed by atoms with Crippen LogP contribution in [0.5, 0.6) is 0 Å². The van der Waals surface area contributed by atoms with Gasteiger partial charge >= 0.3 is 6.18 Å². The zero-order chi connectivity index (χ0) is 15.7. The monoisotopic (exact) mass is 312 g/mol. The summed E-state index contributed by atoms with van der Waals surface area (Å²) in [6, 6.07) is 5.47. The number of piperazine rings is 1. The van der Waals surface area contributed by atoms with Gasteiger partial charge in [0.1, 0.15) is 0 Å². The minimum Gasteiger partial charge on any atom is -0.340 e. The third-order valence-electron chi connectivity index (χ3n) is 4.27. The Balaban J connectivity index is 1.55. The molecule has 1 amide bonds. The maximum atomic E-state index is 12.7. The fraction of sp³-hybridized carbons (Fsp3) is 0.562. The highest BCUT2D eigenvalue weighted by molar-refractivity contribution is 5.81. The van der Waals surface area contributed by atoms with Gasteiger partial charge in [0, 0.05) is 38.6 Å². The van der Waals surface area contributed by atoms with E-state index in [-0.39, 0.29) is 11.8 Å². The molecule has 0 spiro atoms. The molecule has 1 aromatic rings. The molecule has 0 bridgehead atoms. The Morgan fingerprint density at radius 3 is 2.41 bits per heavy atom. The molecule has 1 heterocycles.